The molecule has 1 saturated carbocycles. The van der Waals surface area contributed by atoms with E-state index in [0.717, 1.165) is 12.2 Å². The zero-order valence-electron chi connectivity index (χ0n) is 10.4. The van der Waals surface area contributed by atoms with E-state index in [2.05, 4.69) is 13.8 Å². The zero-order chi connectivity index (χ0) is 12.0. The molecule has 0 amide bonds. The molecular weight excluding hydrogens is 203 g/mol. The highest BCUT2D eigenvalue weighted by molar-refractivity contribution is 5.32. The Hall–Kier alpha value is -1.05. The Morgan fingerprint density at radius 1 is 1.31 bits per heavy atom. The summed E-state index contributed by atoms with van der Waals surface area (Å²) < 4.78 is 18.3. The van der Waals surface area contributed by atoms with Crippen molar-refractivity contribution in [2.45, 2.75) is 40.0 Å². The average molecular weight is 224 g/mol. The van der Waals surface area contributed by atoms with E-state index in [1.54, 1.807) is 6.07 Å². The second-order valence-corrected chi connectivity index (χ2v) is 4.37. The van der Waals surface area contributed by atoms with Crippen LogP contribution < -0.4 is 4.74 Å². The molecule has 1 aromatic carbocycles. The van der Waals surface area contributed by atoms with Crippen molar-refractivity contribution in [3.63, 3.8) is 0 Å². The van der Waals surface area contributed by atoms with Crippen molar-refractivity contribution in [2.75, 3.05) is 6.61 Å². The van der Waals surface area contributed by atoms with E-state index < -0.39 is 0 Å². The lowest BCUT2D eigenvalue weighted by atomic mass is 10.2. The molecule has 1 fully saturated rings. The Bertz CT molecular complexity index is 319. The number of hydrogen-bond donors (Lipinski definition) is 0. The molecule has 0 spiro atoms. The average Bonchev–Trinajstić information content (AvgIpc) is 3.04. The van der Waals surface area contributed by atoms with E-state index in [9.17, 15) is 4.39 Å². The Morgan fingerprint density at radius 3 is 2.50 bits per heavy atom. The predicted molar refractivity (Wildman–Crippen MR) is 65.3 cm³/mol. The molecule has 1 aromatic rings. The third kappa shape index (κ3) is 4.65. The van der Waals surface area contributed by atoms with Gasteiger partial charge in [0.1, 0.15) is 11.6 Å². The molecular formula is C14H21FO. The van der Waals surface area contributed by atoms with Gasteiger partial charge in [0.15, 0.2) is 0 Å². The largest absolute Gasteiger partial charge is 0.493 e. The lowest BCUT2D eigenvalue weighted by Crippen LogP contribution is -2.00. The van der Waals surface area contributed by atoms with Gasteiger partial charge in [0.25, 0.3) is 0 Å². The van der Waals surface area contributed by atoms with Gasteiger partial charge >= 0.3 is 0 Å². The molecule has 0 bridgehead atoms. The fourth-order valence-corrected chi connectivity index (χ4v) is 1.22. The first-order valence-corrected chi connectivity index (χ1v) is 6.06. The zero-order valence-corrected chi connectivity index (χ0v) is 10.4. The highest BCUT2D eigenvalue weighted by atomic mass is 19.1. The molecule has 0 radical (unpaired) electrons. The standard InChI is InChI=1S/C11H13FO.C3H8/c1-8-2-5-10(12)6-11(8)13-7-9-3-4-9;1-3-2/h2,5-6,9H,3-4,7H2,1H3;3H2,1-2H3. The minimum atomic E-state index is -0.226. The first-order valence-electron chi connectivity index (χ1n) is 6.06. The van der Waals surface area contributed by atoms with Crippen LogP contribution in [-0.2, 0) is 0 Å². The minimum absolute atomic E-state index is 0.226. The molecule has 0 N–H and O–H groups in total. The van der Waals surface area contributed by atoms with Gasteiger partial charge in [-0.1, -0.05) is 26.3 Å². The topological polar surface area (TPSA) is 9.23 Å². The first-order chi connectivity index (χ1) is 7.67. The summed E-state index contributed by atoms with van der Waals surface area (Å²) in [5.74, 6) is 1.17. The van der Waals surface area contributed by atoms with Crippen LogP contribution in [-0.4, -0.2) is 6.61 Å². The lowest BCUT2D eigenvalue weighted by molar-refractivity contribution is 0.296. The third-order valence-electron chi connectivity index (χ3n) is 2.32. The van der Waals surface area contributed by atoms with Gasteiger partial charge in [-0.3, -0.25) is 0 Å². The van der Waals surface area contributed by atoms with E-state index in [1.807, 2.05) is 6.92 Å². The number of rotatable bonds is 3. The molecule has 0 heterocycles. The summed E-state index contributed by atoms with van der Waals surface area (Å²) in [5.41, 5.74) is 1.00. The van der Waals surface area contributed by atoms with Crippen LogP contribution in [0.1, 0.15) is 38.7 Å². The molecule has 2 rings (SSSR count). The van der Waals surface area contributed by atoms with Crippen LogP contribution in [0.25, 0.3) is 0 Å². The van der Waals surface area contributed by atoms with Gasteiger partial charge in [-0.2, -0.15) is 0 Å². The SMILES string of the molecule is CCC.Cc1ccc(F)cc1OCC1CC1. The van der Waals surface area contributed by atoms with Gasteiger partial charge in [-0.05, 0) is 37.3 Å². The summed E-state index contributed by atoms with van der Waals surface area (Å²) in [6, 6.07) is 4.66. The first kappa shape index (κ1) is 13.0. The lowest BCUT2D eigenvalue weighted by Gasteiger charge is -2.07. The fraction of sp³-hybridized carbons (Fsp3) is 0.571. The van der Waals surface area contributed by atoms with Crippen molar-refractivity contribution in [3.8, 4) is 5.75 Å². The maximum atomic E-state index is 12.8. The monoisotopic (exact) mass is 224 g/mol. The predicted octanol–water partition coefficient (Wildman–Crippen LogP) is 4.34. The Morgan fingerprint density at radius 2 is 1.94 bits per heavy atom. The normalized spacial score (nSPS) is 14.0. The quantitative estimate of drug-likeness (QED) is 0.742. The minimum Gasteiger partial charge on any atom is -0.493 e. The smallest absolute Gasteiger partial charge is 0.126 e. The van der Waals surface area contributed by atoms with Crippen molar-refractivity contribution in [3.05, 3.63) is 29.6 Å². The molecule has 1 aliphatic rings. The van der Waals surface area contributed by atoms with Crippen LogP contribution in [0.5, 0.6) is 5.75 Å². The van der Waals surface area contributed by atoms with Crippen LogP contribution >= 0.6 is 0 Å². The van der Waals surface area contributed by atoms with Crippen molar-refractivity contribution < 1.29 is 9.13 Å². The molecule has 2 heteroatoms. The van der Waals surface area contributed by atoms with Crippen LogP contribution in [0.3, 0.4) is 0 Å². The van der Waals surface area contributed by atoms with E-state index in [4.69, 9.17) is 4.74 Å². The summed E-state index contributed by atoms with van der Waals surface area (Å²) in [6.07, 6.45) is 3.77. The second-order valence-electron chi connectivity index (χ2n) is 4.37. The van der Waals surface area contributed by atoms with Crippen molar-refractivity contribution in [1.29, 1.82) is 0 Å². The van der Waals surface area contributed by atoms with Crippen LogP contribution in [0.4, 0.5) is 4.39 Å². The summed E-state index contributed by atoms with van der Waals surface area (Å²) >= 11 is 0. The van der Waals surface area contributed by atoms with Crippen molar-refractivity contribution in [1.82, 2.24) is 0 Å². The molecule has 0 aliphatic heterocycles. The Labute approximate surface area is 97.6 Å². The molecule has 0 aromatic heterocycles. The molecule has 1 nitrogen and oxygen atoms in total. The van der Waals surface area contributed by atoms with Crippen LogP contribution in [0.15, 0.2) is 18.2 Å². The van der Waals surface area contributed by atoms with Crippen LogP contribution in [0, 0.1) is 18.7 Å². The van der Waals surface area contributed by atoms with Gasteiger partial charge in [-0.25, -0.2) is 4.39 Å². The maximum absolute atomic E-state index is 12.8. The summed E-state index contributed by atoms with van der Waals surface area (Å²) in [5, 5.41) is 0. The number of aryl methyl sites for hydroxylation is 1. The van der Waals surface area contributed by atoms with Gasteiger partial charge in [-0.15, -0.1) is 0 Å². The van der Waals surface area contributed by atoms with Crippen LogP contribution in [0.2, 0.25) is 0 Å². The van der Waals surface area contributed by atoms with Gasteiger partial charge in [0.2, 0.25) is 0 Å². The van der Waals surface area contributed by atoms with Crippen molar-refractivity contribution >= 4 is 0 Å². The highest BCUT2D eigenvalue weighted by Crippen LogP contribution is 2.30. The summed E-state index contributed by atoms with van der Waals surface area (Å²) in [6.45, 7) is 6.92. The third-order valence-corrected chi connectivity index (χ3v) is 2.32. The number of ether oxygens (including phenoxy) is 1. The fourth-order valence-electron chi connectivity index (χ4n) is 1.22. The number of benzene rings is 1. The molecule has 0 atom stereocenters. The van der Waals surface area contributed by atoms with E-state index in [1.165, 1.54) is 31.4 Å². The van der Waals surface area contributed by atoms with Gasteiger partial charge in [0.05, 0.1) is 6.61 Å². The molecule has 0 unspecified atom stereocenters. The number of halogens is 1. The summed E-state index contributed by atoms with van der Waals surface area (Å²) in [4.78, 5) is 0. The van der Waals surface area contributed by atoms with E-state index >= 15 is 0 Å². The second kappa shape index (κ2) is 6.51. The molecule has 90 valence electrons. The Balaban J connectivity index is 0.000000386. The van der Waals surface area contributed by atoms with Crippen molar-refractivity contribution in [2.24, 2.45) is 5.92 Å². The molecule has 16 heavy (non-hydrogen) atoms. The molecule has 1 aliphatic carbocycles. The highest BCUT2D eigenvalue weighted by Gasteiger charge is 2.22. The summed E-state index contributed by atoms with van der Waals surface area (Å²) in [7, 11) is 0. The molecule has 0 saturated heterocycles. The van der Waals surface area contributed by atoms with E-state index in [0.29, 0.717) is 11.7 Å². The number of hydrogen-bond acceptors (Lipinski definition) is 1. The van der Waals surface area contributed by atoms with E-state index in [-0.39, 0.29) is 5.82 Å². The van der Waals surface area contributed by atoms with Gasteiger partial charge < -0.3 is 4.74 Å². The Kier molecular flexibility index (Phi) is 5.30. The van der Waals surface area contributed by atoms with Gasteiger partial charge in [0, 0.05) is 6.07 Å². The maximum Gasteiger partial charge on any atom is 0.126 e.